The van der Waals surface area contributed by atoms with Gasteiger partial charge in [-0.3, -0.25) is 9.79 Å². The third kappa shape index (κ3) is 6.48. The second kappa shape index (κ2) is 9.75. The molecule has 0 saturated heterocycles. The van der Waals surface area contributed by atoms with Gasteiger partial charge in [0.1, 0.15) is 23.0 Å². The average Bonchev–Trinajstić information content (AvgIpc) is 3.16. The van der Waals surface area contributed by atoms with E-state index in [1.54, 1.807) is 13.0 Å². The number of aliphatic imine (C=N–C) groups is 1. The van der Waals surface area contributed by atoms with Crippen LogP contribution in [0.3, 0.4) is 0 Å². The Morgan fingerprint density at radius 1 is 1.32 bits per heavy atom. The van der Waals surface area contributed by atoms with E-state index in [4.69, 9.17) is 22.1 Å². The van der Waals surface area contributed by atoms with Crippen molar-refractivity contribution in [3.05, 3.63) is 40.0 Å². The van der Waals surface area contributed by atoms with Gasteiger partial charge in [0.05, 0.1) is 16.5 Å². The fourth-order valence-electron chi connectivity index (χ4n) is 2.13. The largest absolute Gasteiger partial charge is 0.465 e. The zero-order chi connectivity index (χ0) is 23.4. The molecule has 0 unspecified atom stereocenters. The van der Waals surface area contributed by atoms with Crippen LogP contribution in [0.2, 0.25) is 0 Å². The maximum Gasteiger partial charge on any atom is 0.432 e. The monoisotopic (exact) mass is 496 g/mol. The number of aromatic nitrogens is 2. The maximum atomic E-state index is 13.0. The molecule has 14 heteroatoms. The molecule has 1 aromatic heterocycles. The molecule has 2 rings (SSSR count). The number of carbonyl (C=O) groups excluding carboxylic acids is 1. The lowest BCUT2D eigenvalue weighted by Gasteiger charge is -2.10. The lowest BCUT2D eigenvalue weighted by Crippen LogP contribution is -2.23. The van der Waals surface area contributed by atoms with Gasteiger partial charge in [0.25, 0.3) is 0 Å². The number of nitrogens with two attached hydrogens (primary N) is 1. The summed E-state index contributed by atoms with van der Waals surface area (Å²) in [5, 5.41) is 6.75. The summed E-state index contributed by atoms with van der Waals surface area (Å²) in [7, 11) is -3.50. The quantitative estimate of drug-likeness (QED) is 0.461. The van der Waals surface area contributed by atoms with Crippen molar-refractivity contribution >= 4 is 44.5 Å². The second-order valence-electron chi connectivity index (χ2n) is 5.91. The number of benzene rings is 1. The number of ether oxygens (including phenoxy) is 1. The van der Waals surface area contributed by atoms with Gasteiger partial charge in [-0.05, 0) is 19.1 Å². The normalized spacial score (nSPS) is 13.7. The number of hydrogen-bond acceptors (Lipinski definition) is 9. The molecule has 0 radical (unpaired) electrons. The summed E-state index contributed by atoms with van der Waals surface area (Å²) >= 11 is 6.62. The molecular weight excluding hydrogens is 481 g/mol. The molecule has 0 aliphatic rings. The highest BCUT2D eigenvalue weighted by atomic mass is 35.5. The first-order valence-corrected chi connectivity index (χ1v) is 11.5. The van der Waals surface area contributed by atoms with Gasteiger partial charge >= 0.3 is 12.1 Å². The van der Waals surface area contributed by atoms with Gasteiger partial charge < -0.3 is 10.5 Å². The van der Waals surface area contributed by atoms with Crippen molar-refractivity contribution in [2.45, 2.75) is 18.0 Å². The van der Waals surface area contributed by atoms with Crippen LogP contribution in [0.15, 0.2) is 44.9 Å². The van der Waals surface area contributed by atoms with Gasteiger partial charge in [-0.2, -0.15) is 13.2 Å². The number of alkyl halides is 3. The van der Waals surface area contributed by atoms with Gasteiger partial charge in [0, 0.05) is 11.8 Å². The smallest absolute Gasteiger partial charge is 0.432 e. The number of allylic oxidation sites excluding steroid dienone is 2. The van der Waals surface area contributed by atoms with Crippen LogP contribution in [0.1, 0.15) is 11.9 Å². The Balaban J connectivity index is 2.53. The first-order valence-electron chi connectivity index (χ1n) is 8.41. The first kappa shape index (κ1) is 24.8. The summed E-state index contributed by atoms with van der Waals surface area (Å²) in [4.78, 5) is 15.4. The number of hydrogen-bond donors (Lipinski definition) is 1. The number of nitrogens with zero attached hydrogens (tertiary/aromatic N) is 3. The standard InChI is InChI=1S/C17H16ClF3N4O4S2/c1-3-29-11(26)8-23-13(12(18)14(22)17(19,20)21)16-25-24-15(30-16)9-5-4-6-10(7-9)31(2,27)28/h4-7H,3,8,22H2,1-2H3/b14-12+,23-13?. The Hall–Kier alpha value is -2.51. The van der Waals surface area contributed by atoms with Gasteiger partial charge in [0.2, 0.25) is 0 Å². The predicted octanol–water partition coefficient (Wildman–Crippen LogP) is 2.93. The molecule has 0 fully saturated rings. The van der Waals surface area contributed by atoms with E-state index in [0.29, 0.717) is 5.56 Å². The molecule has 0 amide bonds. The lowest BCUT2D eigenvalue weighted by molar-refractivity contribution is -0.141. The number of carbonyl (C=O) groups is 1. The van der Waals surface area contributed by atoms with Gasteiger partial charge in [-0.25, -0.2) is 8.42 Å². The van der Waals surface area contributed by atoms with Crippen molar-refractivity contribution in [1.82, 2.24) is 10.2 Å². The summed E-state index contributed by atoms with van der Waals surface area (Å²) in [6.07, 6.45) is -3.92. The molecule has 0 atom stereocenters. The van der Waals surface area contributed by atoms with Crippen LogP contribution < -0.4 is 5.73 Å². The van der Waals surface area contributed by atoms with Crippen molar-refractivity contribution in [2.75, 3.05) is 19.4 Å². The molecule has 168 valence electrons. The number of halogens is 4. The molecule has 0 aliphatic carbocycles. The zero-order valence-corrected chi connectivity index (χ0v) is 18.5. The van der Waals surface area contributed by atoms with Crippen molar-refractivity contribution < 1.29 is 31.1 Å². The second-order valence-corrected chi connectivity index (χ2v) is 9.28. The molecule has 0 aliphatic heterocycles. The molecule has 0 spiro atoms. The van der Waals surface area contributed by atoms with E-state index < -0.39 is 45.0 Å². The molecule has 31 heavy (non-hydrogen) atoms. The van der Waals surface area contributed by atoms with Crippen molar-refractivity contribution in [1.29, 1.82) is 0 Å². The van der Waals surface area contributed by atoms with E-state index >= 15 is 0 Å². The lowest BCUT2D eigenvalue weighted by atomic mass is 10.2. The van der Waals surface area contributed by atoms with Crippen LogP contribution in [0.25, 0.3) is 10.6 Å². The highest BCUT2D eigenvalue weighted by molar-refractivity contribution is 7.90. The van der Waals surface area contributed by atoms with Gasteiger partial charge in [-0.1, -0.05) is 35.1 Å². The van der Waals surface area contributed by atoms with Crippen LogP contribution >= 0.6 is 22.9 Å². The fourth-order valence-corrected chi connectivity index (χ4v) is 3.96. The van der Waals surface area contributed by atoms with E-state index in [0.717, 1.165) is 17.6 Å². The molecule has 2 N–H and O–H groups in total. The number of rotatable bonds is 7. The van der Waals surface area contributed by atoms with E-state index in [-0.39, 0.29) is 21.5 Å². The minimum Gasteiger partial charge on any atom is -0.465 e. The zero-order valence-electron chi connectivity index (χ0n) is 16.1. The van der Waals surface area contributed by atoms with E-state index in [1.165, 1.54) is 18.2 Å². The average molecular weight is 497 g/mol. The van der Waals surface area contributed by atoms with Crippen LogP contribution in [0.4, 0.5) is 13.2 Å². The minimum absolute atomic E-state index is 0.0252. The maximum absolute atomic E-state index is 13.0. The molecule has 0 saturated carbocycles. The van der Waals surface area contributed by atoms with Gasteiger partial charge in [0.15, 0.2) is 14.8 Å². The van der Waals surface area contributed by atoms with Crippen molar-refractivity contribution in [2.24, 2.45) is 10.7 Å². The number of esters is 1. The summed E-state index contributed by atoms with van der Waals surface area (Å²) in [6.45, 7) is 0.985. The summed E-state index contributed by atoms with van der Waals surface area (Å²) in [6, 6.07) is 5.76. The molecule has 1 aromatic carbocycles. The highest BCUT2D eigenvalue weighted by Gasteiger charge is 2.36. The Morgan fingerprint density at radius 3 is 2.58 bits per heavy atom. The first-order chi connectivity index (χ1) is 14.3. The molecule has 8 nitrogen and oxygen atoms in total. The topological polar surface area (TPSA) is 125 Å². The number of sulfone groups is 1. The van der Waals surface area contributed by atoms with Crippen molar-refractivity contribution in [3.8, 4) is 10.6 Å². The summed E-state index contributed by atoms with van der Waals surface area (Å²) in [5.74, 6) is -0.791. The highest BCUT2D eigenvalue weighted by Crippen LogP contribution is 2.31. The predicted molar refractivity (Wildman–Crippen MR) is 110 cm³/mol. The molecule has 1 heterocycles. The minimum atomic E-state index is -4.95. The van der Waals surface area contributed by atoms with Gasteiger partial charge in [-0.15, -0.1) is 10.2 Å². The van der Waals surface area contributed by atoms with E-state index in [2.05, 4.69) is 15.2 Å². The van der Waals surface area contributed by atoms with Crippen LogP contribution in [-0.2, 0) is 19.4 Å². The van der Waals surface area contributed by atoms with E-state index in [1.807, 2.05) is 0 Å². The third-order valence-electron chi connectivity index (χ3n) is 3.56. The summed E-state index contributed by atoms with van der Waals surface area (Å²) in [5.41, 5.74) is 3.35. The van der Waals surface area contributed by atoms with Crippen LogP contribution in [0.5, 0.6) is 0 Å². The SMILES string of the molecule is CCOC(=O)CN=C(/C(Cl)=C(\N)C(F)(F)F)c1nnc(-c2cccc(S(C)(=O)=O)c2)s1. The van der Waals surface area contributed by atoms with Crippen molar-refractivity contribution in [3.63, 3.8) is 0 Å². The Labute approximate surface area is 184 Å². The van der Waals surface area contributed by atoms with Crippen LogP contribution in [0, 0.1) is 0 Å². The summed E-state index contributed by atoms with van der Waals surface area (Å²) < 4.78 is 67.3. The van der Waals surface area contributed by atoms with E-state index in [9.17, 15) is 26.4 Å². The van der Waals surface area contributed by atoms with Crippen LogP contribution in [-0.4, -0.2) is 55.9 Å². The molecular formula is C17H16ClF3N4O4S2. The Kier molecular flexibility index (Phi) is 7.78. The Bertz CT molecular complexity index is 1140. The Morgan fingerprint density at radius 2 is 2.00 bits per heavy atom. The molecule has 0 bridgehead atoms. The fraction of sp³-hybridized carbons (Fsp3) is 0.294. The molecule has 2 aromatic rings. The third-order valence-corrected chi connectivity index (χ3v) is 6.03.